The van der Waals surface area contributed by atoms with Crippen molar-refractivity contribution in [2.45, 2.75) is 38.1 Å². The Hall–Kier alpha value is -1.80. The number of rotatable bonds is 10. The summed E-state index contributed by atoms with van der Waals surface area (Å²) in [6.07, 6.45) is 3.11. The molecule has 0 heterocycles. The van der Waals surface area contributed by atoms with Crippen LogP contribution in [0, 0.1) is 0 Å². The van der Waals surface area contributed by atoms with Gasteiger partial charge in [-0.15, -0.1) is 0 Å². The maximum Gasteiger partial charge on any atom is 0.320 e. The zero-order valence-electron chi connectivity index (χ0n) is 10.7. The van der Waals surface area contributed by atoms with E-state index in [0.717, 1.165) is 6.20 Å². The zero-order chi connectivity index (χ0) is 14.7. The van der Waals surface area contributed by atoms with Crippen LogP contribution in [0.4, 0.5) is 0 Å². The lowest BCUT2D eigenvalue weighted by Crippen LogP contribution is -2.30. The van der Waals surface area contributed by atoms with E-state index >= 15 is 0 Å². The molecule has 0 aromatic rings. The molecule has 8 nitrogen and oxygen atoms in total. The Morgan fingerprint density at radius 1 is 1.32 bits per heavy atom. The van der Waals surface area contributed by atoms with Crippen LogP contribution < -0.4 is 16.8 Å². The molecule has 0 saturated heterocycles. The quantitative estimate of drug-likeness (QED) is 0.160. The van der Waals surface area contributed by atoms with Crippen LogP contribution in [0.25, 0.3) is 0 Å². The number of carbonyl (C=O) groups excluding carboxylic acids is 1. The van der Waals surface area contributed by atoms with Crippen LogP contribution in [0.5, 0.6) is 0 Å². The van der Waals surface area contributed by atoms with Crippen molar-refractivity contribution in [1.29, 1.82) is 0 Å². The lowest BCUT2D eigenvalue weighted by molar-refractivity contribution is -0.206. The van der Waals surface area contributed by atoms with Crippen LogP contribution in [-0.4, -0.2) is 34.8 Å². The van der Waals surface area contributed by atoms with Gasteiger partial charge < -0.3 is 26.8 Å². The molecular weight excluding hydrogens is 254 g/mol. The van der Waals surface area contributed by atoms with Gasteiger partial charge in [0.25, 0.3) is 0 Å². The molecule has 0 fully saturated rings. The number of nitrogens with two attached hydrogens (primary N) is 2. The smallest absolute Gasteiger partial charge is 0.320 e. The molecule has 0 saturated carbocycles. The number of hydrogen-bond acceptors (Lipinski definition) is 6. The van der Waals surface area contributed by atoms with Gasteiger partial charge in [0.1, 0.15) is 6.04 Å². The molecule has 110 valence electrons. The van der Waals surface area contributed by atoms with Crippen molar-refractivity contribution in [3.8, 4) is 0 Å². The third-order valence-corrected chi connectivity index (χ3v) is 2.48. The van der Waals surface area contributed by atoms with Crippen molar-refractivity contribution in [1.82, 2.24) is 5.32 Å². The highest BCUT2D eigenvalue weighted by molar-refractivity contribution is 5.76. The van der Waals surface area contributed by atoms with E-state index in [0.29, 0.717) is 25.8 Å². The van der Waals surface area contributed by atoms with Crippen LogP contribution in [-0.2, 0) is 14.5 Å². The monoisotopic (exact) mass is 275 g/mol. The van der Waals surface area contributed by atoms with Crippen molar-refractivity contribution in [3.05, 3.63) is 12.0 Å². The van der Waals surface area contributed by atoms with E-state index in [9.17, 15) is 9.59 Å². The summed E-state index contributed by atoms with van der Waals surface area (Å²) in [5, 5.41) is 19.6. The fourth-order valence-corrected chi connectivity index (χ4v) is 1.33. The normalized spacial score (nSPS) is 12.8. The van der Waals surface area contributed by atoms with E-state index in [1.807, 2.05) is 0 Å². The Morgan fingerprint density at radius 2 is 2.00 bits per heavy atom. The van der Waals surface area contributed by atoms with Crippen molar-refractivity contribution in [2.75, 3.05) is 6.54 Å². The summed E-state index contributed by atoms with van der Waals surface area (Å²) in [5.41, 5.74) is 10.5. The number of carbonyl (C=O) groups is 2. The Balaban J connectivity index is 3.56. The van der Waals surface area contributed by atoms with Gasteiger partial charge in [-0.3, -0.25) is 9.59 Å². The van der Waals surface area contributed by atoms with Gasteiger partial charge in [0.15, 0.2) is 5.76 Å². The SMILES string of the molecule is N/C=C(\CCC(=O)NCCCCC(N)C(=O)O)OO. The van der Waals surface area contributed by atoms with Gasteiger partial charge in [-0.05, 0) is 19.3 Å². The van der Waals surface area contributed by atoms with Gasteiger partial charge in [-0.1, -0.05) is 0 Å². The van der Waals surface area contributed by atoms with Gasteiger partial charge in [0.05, 0.1) is 0 Å². The second-order valence-corrected chi connectivity index (χ2v) is 4.01. The molecule has 1 amide bonds. The number of allylic oxidation sites excluding steroid dienone is 1. The molecule has 0 aliphatic heterocycles. The van der Waals surface area contributed by atoms with Crippen LogP contribution in [0.2, 0.25) is 0 Å². The first kappa shape index (κ1) is 17.2. The van der Waals surface area contributed by atoms with E-state index in [4.69, 9.17) is 21.8 Å². The zero-order valence-corrected chi connectivity index (χ0v) is 10.7. The van der Waals surface area contributed by atoms with Crippen molar-refractivity contribution >= 4 is 11.9 Å². The summed E-state index contributed by atoms with van der Waals surface area (Å²) in [4.78, 5) is 25.7. The van der Waals surface area contributed by atoms with E-state index in [1.165, 1.54) is 0 Å². The molecule has 0 bridgehead atoms. The predicted octanol–water partition coefficient (Wildman–Crippen LogP) is -0.245. The Kier molecular flexibility index (Phi) is 9.19. The van der Waals surface area contributed by atoms with E-state index in [2.05, 4.69) is 10.2 Å². The minimum absolute atomic E-state index is 0.127. The van der Waals surface area contributed by atoms with Crippen LogP contribution >= 0.6 is 0 Å². The number of unbranched alkanes of at least 4 members (excludes halogenated alkanes) is 1. The van der Waals surface area contributed by atoms with Gasteiger partial charge in [-0.2, -0.15) is 0 Å². The molecule has 19 heavy (non-hydrogen) atoms. The molecule has 0 radical (unpaired) electrons. The summed E-state index contributed by atoms with van der Waals surface area (Å²) >= 11 is 0. The predicted molar refractivity (Wildman–Crippen MR) is 67.7 cm³/mol. The number of carboxylic acids is 1. The van der Waals surface area contributed by atoms with Gasteiger partial charge in [-0.25, -0.2) is 5.26 Å². The molecular formula is C11H21N3O5. The Bertz CT molecular complexity index is 319. The third-order valence-electron chi connectivity index (χ3n) is 2.48. The molecule has 0 aromatic carbocycles. The van der Waals surface area contributed by atoms with Crippen molar-refractivity contribution < 1.29 is 24.8 Å². The fraction of sp³-hybridized carbons (Fsp3) is 0.636. The second kappa shape index (κ2) is 10.2. The van der Waals surface area contributed by atoms with Gasteiger partial charge in [0.2, 0.25) is 5.91 Å². The van der Waals surface area contributed by atoms with Crippen LogP contribution in [0.15, 0.2) is 12.0 Å². The first-order chi connectivity index (χ1) is 9.01. The highest BCUT2D eigenvalue weighted by Crippen LogP contribution is 2.03. The first-order valence-electron chi connectivity index (χ1n) is 5.98. The van der Waals surface area contributed by atoms with Crippen molar-refractivity contribution in [2.24, 2.45) is 11.5 Å². The summed E-state index contributed by atoms with van der Waals surface area (Å²) < 4.78 is 0. The number of carboxylic acid groups (broad SMARTS) is 1. The van der Waals surface area contributed by atoms with E-state index in [1.54, 1.807) is 0 Å². The molecule has 1 atom stereocenters. The highest BCUT2D eigenvalue weighted by Gasteiger charge is 2.10. The largest absolute Gasteiger partial charge is 0.480 e. The Labute approximate surface area is 111 Å². The maximum absolute atomic E-state index is 11.3. The number of aliphatic carboxylic acids is 1. The van der Waals surface area contributed by atoms with Crippen LogP contribution in [0.1, 0.15) is 32.1 Å². The van der Waals surface area contributed by atoms with Crippen LogP contribution in [0.3, 0.4) is 0 Å². The van der Waals surface area contributed by atoms with Gasteiger partial charge in [0, 0.05) is 25.6 Å². The lowest BCUT2D eigenvalue weighted by atomic mass is 10.1. The topological polar surface area (TPSA) is 148 Å². The second-order valence-electron chi connectivity index (χ2n) is 4.01. The fourth-order valence-electron chi connectivity index (χ4n) is 1.33. The third kappa shape index (κ3) is 8.86. The van der Waals surface area contributed by atoms with Crippen molar-refractivity contribution in [3.63, 3.8) is 0 Å². The molecule has 0 aliphatic carbocycles. The average molecular weight is 275 g/mol. The van der Waals surface area contributed by atoms with Gasteiger partial charge >= 0.3 is 5.97 Å². The molecule has 1 unspecified atom stereocenters. The molecule has 8 heteroatoms. The molecule has 0 aliphatic rings. The molecule has 0 aromatic heterocycles. The number of hydrogen-bond donors (Lipinski definition) is 5. The highest BCUT2D eigenvalue weighted by atomic mass is 17.1. The van der Waals surface area contributed by atoms with E-state index < -0.39 is 12.0 Å². The standard InChI is InChI=1S/C11H21N3O5/c12-7-8(19-18)4-5-10(15)14-6-2-1-3-9(13)11(16)17/h7,9,18H,1-6,12-13H2,(H,14,15)(H,16,17)/b8-7+. The minimum atomic E-state index is -1.02. The molecule has 0 rings (SSSR count). The summed E-state index contributed by atoms with van der Waals surface area (Å²) in [7, 11) is 0. The summed E-state index contributed by atoms with van der Waals surface area (Å²) in [6, 6.07) is -0.852. The average Bonchev–Trinajstić information content (AvgIpc) is 2.39. The molecule has 7 N–H and O–H groups in total. The number of nitrogens with one attached hydrogen (secondary N) is 1. The minimum Gasteiger partial charge on any atom is -0.480 e. The first-order valence-corrected chi connectivity index (χ1v) is 5.98. The molecule has 0 spiro atoms. The summed E-state index contributed by atoms with van der Waals surface area (Å²) in [5.74, 6) is -1.09. The maximum atomic E-state index is 11.3. The van der Waals surface area contributed by atoms with E-state index in [-0.39, 0.29) is 24.5 Å². The Morgan fingerprint density at radius 3 is 2.53 bits per heavy atom. The lowest BCUT2D eigenvalue weighted by Gasteiger charge is -2.07. The summed E-state index contributed by atoms with van der Waals surface area (Å²) in [6.45, 7) is 0.451. The number of amides is 1.